The molecule has 0 aliphatic carbocycles. The number of nitrogens with one attached hydrogen (secondary N) is 2. The van der Waals surface area contributed by atoms with E-state index in [0.29, 0.717) is 25.6 Å². The zero-order valence-electron chi connectivity index (χ0n) is 19.0. The predicted molar refractivity (Wildman–Crippen MR) is 139 cm³/mol. The van der Waals surface area contributed by atoms with Crippen LogP contribution in [0.3, 0.4) is 0 Å². The van der Waals surface area contributed by atoms with Crippen molar-refractivity contribution in [3.8, 4) is 11.5 Å². The highest BCUT2D eigenvalue weighted by atomic mass is 127. The third kappa shape index (κ3) is 7.23. The molecule has 0 spiro atoms. The first-order valence-electron chi connectivity index (χ1n) is 10.4. The summed E-state index contributed by atoms with van der Waals surface area (Å²) in [4.78, 5) is 4.68. The van der Waals surface area contributed by atoms with Gasteiger partial charge in [0, 0.05) is 30.9 Å². The van der Waals surface area contributed by atoms with Crippen molar-refractivity contribution in [2.24, 2.45) is 12.0 Å². The molecule has 2 aromatic carbocycles. The number of hydrogen-bond donors (Lipinski definition) is 3. The first-order chi connectivity index (χ1) is 14.9. The second-order valence-corrected chi connectivity index (χ2v) is 7.75. The summed E-state index contributed by atoms with van der Waals surface area (Å²) in [5.74, 6) is 2.18. The van der Waals surface area contributed by atoms with Crippen LogP contribution in [0, 0.1) is 6.92 Å². The Labute approximate surface area is 206 Å². The Morgan fingerprint density at radius 1 is 1.16 bits per heavy atom. The summed E-state index contributed by atoms with van der Waals surface area (Å²) in [5, 5.41) is 21.4. The number of guanidine groups is 1. The molecule has 0 radical (unpaired) electrons. The standard InChI is InChI=1S/C24H31N5O2.HI/c1-5-25-23(27-17-24(3,30)20-15-28-29(4)16-20)26-14-19-8-6-7-9-22(19)31-21-12-10-18(2)11-13-21;/h6-13,15-16,30H,5,14,17H2,1-4H3,(H2,25,26,27);1H. The summed E-state index contributed by atoms with van der Waals surface area (Å²) in [6, 6.07) is 15.8. The quantitative estimate of drug-likeness (QED) is 0.224. The van der Waals surface area contributed by atoms with Gasteiger partial charge >= 0.3 is 0 Å². The molecule has 0 amide bonds. The summed E-state index contributed by atoms with van der Waals surface area (Å²) in [6.45, 7) is 7.25. The topological polar surface area (TPSA) is 83.7 Å². The van der Waals surface area contributed by atoms with Gasteiger partial charge in [0.2, 0.25) is 0 Å². The number of ether oxygens (including phenoxy) is 1. The molecule has 1 unspecified atom stereocenters. The number of aryl methyl sites for hydroxylation is 2. The molecule has 3 N–H and O–H groups in total. The van der Waals surface area contributed by atoms with Gasteiger partial charge in [-0.25, -0.2) is 4.99 Å². The van der Waals surface area contributed by atoms with E-state index in [-0.39, 0.29) is 24.0 Å². The summed E-state index contributed by atoms with van der Waals surface area (Å²) in [5.41, 5.74) is 1.83. The van der Waals surface area contributed by atoms with Gasteiger partial charge in [0.05, 0.1) is 19.3 Å². The van der Waals surface area contributed by atoms with Gasteiger partial charge < -0.3 is 20.5 Å². The van der Waals surface area contributed by atoms with Crippen LogP contribution in [0.15, 0.2) is 65.9 Å². The highest BCUT2D eigenvalue weighted by Gasteiger charge is 2.25. The first kappa shape index (κ1) is 25.7. The zero-order chi connectivity index (χ0) is 22.3. The number of rotatable bonds is 8. The molecular formula is C24H32IN5O2. The third-order valence-electron chi connectivity index (χ3n) is 4.90. The summed E-state index contributed by atoms with van der Waals surface area (Å²) >= 11 is 0. The van der Waals surface area contributed by atoms with Crippen molar-refractivity contribution >= 4 is 29.9 Å². The molecule has 0 saturated heterocycles. The molecule has 8 heteroatoms. The van der Waals surface area contributed by atoms with Crippen LogP contribution in [0.5, 0.6) is 11.5 Å². The van der Waals surface area contributed by atoms with Gasteiger partial charge in [-0.2, -0.15) is 5.10 Å². The van der Waals surface area contributed by atoms with Gasteiger partial charge in [0.1, 0.15) is 17.1 Å². The van der Waals surface area contributed by atoms with E-state index in [1.807, 2.05) is 75.6 Å². The third-order valence-corrected chi connectivity index (χ3v) is 4.90. The lowest BCUT2D eigenvalue weighted by Gasteiger charge is -2.23. The lowest BCUT2D eigenvalue weighted by Crippen LogP contribution is -2.44. The lowest BCUT2D eigenvalue weighted by atomic mass is 10.00. The van der Waals surface area contributed by atoms with Crippen LogP contribution in [-0.2, 0) is 19.2 Å². The van der Waals surface area contributed by atoms with Crippen LogP contribution in [0.4, 0.5) is 0 Å². The minimum atomic E-state index is -1.07. The second-order valence-electron chi connectivity index (χ2n) is 7.75. The SMILES string of the molecule is CCNC(=NCc1ccccc1Oc1ccc(C)cc1)NCC(C)(O)c1cnn(C)c1.I. The lowest BCUT2D eigenvalue weighted by molar-refractivity contribution is 0.0616. The first-order valence-corrected chi connectivity index (χ1v) is 10.4. The number of para-hydroxylation sites is 1. The predicted octanol–water partition coefficient (Wildman–Crippen LogP) is 4.10. The Bertz CT molecular complexity index is 1020. The van der Waals surface area contributed by atoms with E-state index in [9.17, 15) is 5.11 Å². The van der Waals surface area contributed by atoms with Gasteiger partial charge in [0.25, 0.3) is 0 Å². The average molecular weight is 549 g/mol. The number of halogens is 1. The van der Waals surface area contributed by atoms with E-state index in [1.54, 1.807) is 17.8 Å². The van der Waals surface area contributed by atoms with Gasteiger partial charge in [-0.15, -0.1) is 24.0 Å². The van der Waals surface area contributed by atoms with E-state index < -0.39 is 5.60 Å². The molecule has 172 valence electrons. The monoisotopic (exact) mass is 549 g/mol. The Balaban J connectivity index is 0.00000363. The number of nitrogens with zero attached hydrogens (tertiary/aromatic N) is 3. The average Bonchev–Trinajstić information content (AvgIpc) is 3.20. The van der Waals surface area contributed by atoms with Gasteiger partial charge in [0.15, 0.2) is 5.96 Å². The largest absolute Gasteiger partial charge is 0.457 e. The molecule has 0 fully saturated rings. The molecule has 1 atom stereocenters. The van der Waals surface area contributed by atoms with Gasteiger partial charge in [-0.3, -0.25) is 4.68 Å². The molecule has 1 heterocycles. The molecule has 3 aromatic rings. The molecule has 0 aliphatic heterocycles. The Kier molecular flexibility index (Phi) is 9.52. The Hall–Kier alpha value is -2.59. The number of aliphatic hydroxyl groups is 1. The highest BCUT2D eigenvalue weighted by molar-refractivity contribution is 14.0. The van der Waals surface area contributed by atoms with Gasteiger partial charge in [-0.1, -0.05) is 35.9 Å². The minimum absolute atomic E-state index is 0. The maximum absolute atomic E-state index is 10.8. The van der Waals surface area contributed by atoms with E-state index in [0.717, 1.165) is 22.6 Å². The van der Waals surface area contributed by atoms with Crippen LogP contribution < -0.4 is 15.4 Å². The van der Waals surface area contributed by atoms with Crippen molar-refractivity contribution in [3.63, 3.8) is 0 Å². The fourth-order valence-corrected chi connectivity index (χ4v) is 3.03. The molecule has 0 saturated carbocycles. The highest BCUT2D eigenvalue weighted by Crippen LogP contribution is 2.26. The Morgan fingerprint density at radius 3 is 2.53 bits per heavy atom. The maximum atomic E-state index is 10.8. The molecule has 0 aliphatic rings. The van der Waals surface area contributed by atoms with E-state index >= 15 is 0 Å². The summed E-state index contributed by atoms with van der Waals surface area (Å²) in [6.07, 6.45) is 3.48. The van der Waals surface area contributed by atoms with E-state index in [1.165, 1.54) is 5.56 Å². The Morgan fingerprint density at radius 2 is 1.88 bits per heavy atom. The normalized spacial score (nSPS) is 13.1. The fourth-order valence-electron chi connectivity index (χ4n) is 3.03. The molecule has 1 aromatic heterocycles. The molecular weight excluding hydrogens is 517 g/mol. The number of hydrogen-bond acceptors (Lipinski definition) is 4. The number of aliphatic imine (C=N–C) groups is 1. The zero-order valence-corrected chi connectivity index (χ0v) is 21.3. The number of benzene rings is 2. The summed E-state index contributed by atoms with van der Waals surface area (Å²) in [7, 11) is 1.83. The van der Waals surface area contributed by atoms with Crippen LogP contribution in [0.2, 0.25) is 0 Å². The fraction of sp³-hybridized carbons (Fsp3) is 0.333. The van der Waals surface area contributed by atoms with Crippen LogP contribution in [0.25, 0.3) is 0 Å². The van der Waals surface area contributed by atoms with E-state index in [4.69, 9.17) is 4.74 Å². The smallest absolute Gasteiger partial charge is 0.191 e. The molecule has 7 nitrogen and oxygen atoms in total. The van der Waals surface area contributed by atoms with Crippen LogP contribution in [-0.4, -0.2) is 33.9 Å². The van der Waals surface area contributed by atoms with Crippen molar-refractivity contribution in [1.29, 1.82) is 0 Å². The number of aromatic nitrogens is 2. The minimum Gasteiger partial charge on any atom is -0.457 e. The summed E-state index contributed by atoms with van der Waals surface area (Å²) < 4.78 is 7.75. The van der Waals surface area contributed by atoms with Crippen LogP contribution >= 0.6 is 24.0 Å². The van der Waals surface area contributed by atoms with Crippen molar-refractivity contribution in [1.82, 2.24) is 20.4 Å². The maximum Gasteiger partial charge on any atom is 0.191 e. The van der Waals surface area contributed by atoms with E-state index in [2.05, 4.69) is 20.7 Å². The van der Waals surface area contributed by atoms with Crippen molar-refractivity contribution in [2.45, 2.75) is 32.9 Å². The van der Waals surface area contributed by atoms with Gasteiger partial charge in [-0.05, 0) is 39.0 Å². The molecule has 3 rings (SSSR count). The van der Waals surface area contributed by atoms with Crippen molar-refractivity contribution in [3.05, 3.63) is 77.6 Å². The molecule has 0 bridgehead atoms. The second kappa shape index (κ2) is 11.9. The van der Waals surface area contributed by atoms with Crippen molar-refractivity contribution < 1.29 is 9.84 Å². The van der Waals surface area contributed by atoms with Crippen LogP contribution in [0.1, 0.15) is 30.5 Å². The van der Waals surface area contributed by atoms with Crippen molar-refractivity contribution in [2.75, 3.05) is 13.1 Å². The molecule has 32 heavy (non-hydrogen) atoms.